The first-order valence-electron chi connectivity index (χ1n) is 5.06. The van der Waals surface area contributed by atoms with Crippen molar-refractivity contribution in [2.75, 3.05) is 0 Å². The van der Waals surface area contributed by atoms with E-state index in [1.165, 1.54) is 0 Å². The van der Waals surface area contributed by atoms with Crippen LogP contribution in [0.15, 0.2) is 0 Å². The molecule has 2 aliphatic rings. The Morgan fingerprint density at radius 3 is 1.06 bits per heavy atom. The molecule has 0 heterocycles. The van der Waals surface area contributed by atoms with Crippen molar-refractivity contribution in [1.29, 1.82) is 0 Å². The molecule has 0 aromatic heterocycles. The van der Waals surface area contributed by atoms with E-state index in [1.807, 2.05) is 51.4 Å². The van der Waals surface area contributed by atoms with Crippen LogP contribution in [0.2, 0.25) is 0 Å². The number of ketones is 2. The van der Waals surface area contributed by atoms with Crippen molar-refractivity contribution < 1.29 is 26.7 Å². The third kappa shape index (κ3) is 6.38. The summed E-state index contributed by atoms with van der Waals surface area (Å²) >= 11 is 0. The van der Waals surface area contributed by atoms with Gasteiger partial charge in [0.2, 0.25) is 0 Å². The van der Waals surface area contributed by atoms with Crippen molar-refractivity contribution in [3.05, 3.63) is 63.2 Å². The first-order chi connectivity index (χ1) is 7.61. The predicted octanol–water partition coefficient (Wildman–Crippen LogP) is 1.96. The Labute approximate surface area is 115 Å². The Balaban J connectivity index is 0.000000284. The Morgan fingerprint density at radius 2 is 0.941 bits per heavy atom. The molecular formula is C14H14FeO2+2. The Kier molecular flexibility index (Phi) is 8.81. The van der Waals surface area contributed by atoms with Crippen LogP contribution in [0, 0.1) is 63.2 Å². The first-order valence-corrected chi connectivity index (χ1v) is 5.06. The van der Waals surface area contributed by atoms with Gasteiger partial charge in [-0.3, -0.25) is 9.59 Å². The average Bonchev–Trinajstić information content (AvgIpc) is 2.93. The van der Waals surface area contributed by atoms with Crippen LogP contribution in [0.4, 0.5) is 0 Å². The third-order valence-corrected chi connectivity index (χ3v) is 2.14. The molecule has 0 bridgehead atoms. The molecule has 0 spiro atoms. The quantitative estimate of drug-likeness (QED) is 0.719. The van der Waals surface area contributed by atoms with Crippen molar-refractivity contribution in [3.8, 4) is 0 Å². The van der Waals surface area contributed by atoms with Crippen LogP contribution in [0.25, 0.3) is 0 Å². The SMILES string of the molecule is CC(=O)[C]1[CH][CH][CH][CH]1.CC(=O)[C]1[CH][CH][CH][CH]1.[Fe+2]. The molecule has 0 unspecified atom stereocenters. The minimum Gasteiger partial charge on any atom is -0.299 e. The molecule has 0 aliphatic heterocycles. The molecule has 10 radical (unpaired) electrons. The molecular weight excluding hydrogens is 256 g/mol. The summed E-state index contributed by atoms with van der Waals surface area (Å²) < 4.78 is 0. The van der Waals surface area contributed by atoms with Crippen LogP contribution in [-0.4, -0.2) is 11.6 Å². The van der Waals surface area contributed by atoms with Gasteiger partial charge < -0.3 is 0 Å². The molecule has 0 saturated heterocycles. The van der Waals surface area contributed by atoms with Crippen molar-refractivity contribution >= 4 is 11.6 Å². The zero-order chi connectivity index (χ0) is 12.0. The van der Waals surface area contributed by atoms with E-state index in [0.717, 1.165) is 11.8 Å². The van der Waals surface area contributed by atoms with E-state index in [4.69, 9.17) is 0 Å². The van der Waals surface area contributed by atoms with E-state index >= 15 is 0 Å². The second kappa shape index (κ2) is 8.88. The Morgan fingerprint density at radius 1 is 0.706 bits per heavy atom. The molecule has 2 rings (SSSR count). The number of hydrogen-bond acceptors (Lipinski definition) is 2. The van der Waals surface area contributed by atoms with Gasteiger partial charge in [0.15, 0.2) is 0 Å². The van der Waals surface area contributed by atoms with Gasteiger partial charge in [-0.25, -0.2) is 0 Å². The van der Waals surface area contributed by atoms with Crippen LogP contribution < -0.4 is 0 Å². The van der Waals surface area contributed by atoms with E-state index in [1.54, 1.807) is 13.8 Å². The number of carbonyl (C=O) groups is 2. The number of rotatable bonds is 2. The van der Waals surface area contributed by atoms with Gasteiger partial charge in [0.25, 0.3) is 0 Å². The van der Waals surface area contributed by atoms with E-state index in [2.05, 4.69) is 0 Å². The molecule has 2 nitrogen and oxygen atoms in total. The summed E-state index contributed by atoms with van der Waals surface area (Å²) in [7, 11) is 0. The second-order valence-electron chi connectivity index (χ2n) is 3.46. The van der Waals surface area contributed by atoms with Crippen molar-refractivity contribution in [2.45, 2.75) is 13.8 Å². The largest absolute Gasteiger partial charge is 2.00 e. The van der Waals surface area contributed by atoms with Gasteiger partial charge >= 0.3 is 17.1 Å². The minimum absolute atomic E-state index is 0. The number of hydrogen-bond donors (Lipinski definition) is 0. The van der Waals surface area contributed by atoms with Gasteiger partial charge in [-0.1, -0.05) is 0 Å². The molecule has 2 saturated carbocycles. The fraction of sp³-hybridized carbons (Fsp3) is 0.143. The molecule has 17 heavy (non-hydrogen) atoms. The fourth-order valence-corrected chi connectivity index (χ4v) is 1.22. The maximum atomic E-state index is 10.5. The summed E-state index contributed by atoms with van der Waals surface area (Å²) in [6.07, 6.45) is 14.7. The second-order valence-corrected chi connectivity index (χ2v) is 3.46. The van der Waals surface area contributed by atoms with Crippen LogP contribution in [-0.2, 0) is 26.7 Å². The van der Waals surface area contributed by atoms with Crippen LogP contribution in [0.5, 0.6) is 0 Å². The summed E-state index contributed by atoms with van der Waals surface area (Å²) in [5.74, 6) is 1.86. The molecule has 2 aliphatic carbocycles. The summed E-state index contributed by atoms with van der Waals surface area (Å²) in [5.41, 5.74) is 0. The van der Waals surface area contributed by atoms with Gasteiger partial charge in [-0.05, 0) is 65.2 Å². The Hall–Kier alpha value is -0.141. The van der Waals surface area contributed by atoms with Gasteiger partial charge in [0.1, 0.15) is 11.6 Å². The van der Waals surface area contributed by atoms with Gasteiger partial charge in [0, 0.05) is 11.8 Å². The number of carbonyl (C=O) groups excluding carboxylic acids is 2. The maximum Gasteiger partial charge on any atom is 2.00 e. The smallest absolute Gasteiger partial charge is 0.299 e. The molecule has 0 atom stereocenters. The normalized spacial score (nSPS) is 20.4. The summed E-state index contributed by atoms with van der Waals surface area (Å²) in [6.45, 7) is 3.13. The zero-order valence-electron chi connectivity index (χ0n) is 9.79. The maximum absolute atomic E-state index is 10.5. The topological polar surface area (TPSA) is 34.1 Å². The molecule has 3 heteroatoms. The Bertz CT molecular complexity index is 213. The third-order valence-electron chi connectivity index (χ3n) is 2.14. The molecule has 0 N–H and O–H groups in total. The fourth-order valence-electron chi connectivity index (χ4n) is 1.22. The van der Waals surface area contributed by atoms with E-state index in [9.17, 15) is 9.59 Å². The standard InChI is InChI=1S/2C7H7O.Fe/c2*1-6(8)7-4-2-3-5-7;/h2*2-5H,1H3;/q;;+2. The van der Waals surface area contributed by atoms with Gasteiger partial charge in [-0.2, -0.15) is 0 Å². The molecule has 0 aromatic rings. The minimum atomic E-state index is 0. The van der Waals surface area contributed by atoms with Gasteiger partial charge in [0.05, 0.1) is 0 Å². The molecule has 0 amide bonds. The van der Waals surface area contributed by atoms with Crippen molar-refractivity contribution in [3.63, 3.8) is 0 Å². The monoisotopic (exact) mass is 270 g/mol. The van der Waals surface area contributed by atoms with Crippen LogP contribution in [0.3, 0.4) is 0 Å². The first kappa shape index (κ1) is 16.9. The van der Waals surface area contributed by atoms with E-state index in [-0.39, 0.29) is 28.6 Å². The zero-order valence-corrected chi connectivity index (χ0v) is 10.9. The number of Topliss-reactive ketones (excluding diaryl/α,β-unsaturated/α-hetero) is 2. The molecule has 88 valence electrons. The van der Waals surface area contributed by atoms with E-state index < -0.39 is 0 Å². The molecule has 2 fully saturated rings. The summed E-state index contributed by atoms with van der Waals surface area (Å²) in [4.78, 5) is 21.0. The summed E-state index contributed by atoms with van der Waals surface area (Å²) in [5, 5.41) is 0. The average molecular weight is 270 g/mol. The van der Waals surface area contributed by atoms with Gasteiger partial charge in [-0.15, -0.1) is 0 Å². The van der Waals surface area contributed by atoms with Crippen LogP contribution >= 0.6 is 0 Å². The molecule has 0 aromatic carbocycles. The summed E-state index contributed by atoms with van der Waals surface area (Å²) in [6, 6.07) is 0. The van der Waals surface area contributed by atoms with E-state index in [0.29, 0.717) is 0 Å². The van der Waals surface area contributed by atoms with Crippen LogP contribution in [0.1, 0.15) is 13.8 Å². The van der Waals surface area contributed by atoms with Crippen molar-refractivity contribution in [2.24, 2.45) is 0 Å². The predicted molar refractivity (Wildman–Crippen MR) is 62.2 cm³/mol. The van der Waals surface area contributed by atoms with Crippen molar-refractivity contribution in [1.82, 2.24) is 0 Å².